The molecule has 0 bridgehead atoms. The van der Waals surface area contributed by atoms with Crippen LogP contribution >= 0.6 is 0 Å². The van der Waals surface area contributed by atoms with Gasteiger partial charge < -0.3 is 14.2 Å². The van der Waals surface area contributed by atoms with Crippen LogP contribution in [0.2, 0.25) is 0 Å². The molecule has 1 aromatic carbocycles. The first-order chi connectivity index (χ1) is 13.3. The minimum atomic E-state index is -4.72. The Morgan fingerprint density at radius 2 is 1.86 bits per heavy atom. The van der Waals surface area contributed by atoms with Crippen molar-refractivity contribution in [3.63, 3.8) is 0 Å². The monoisotopic (exact) mass is 395 g/mol. The van der Waals surface area contributed by atoms with E-state index in [2.05, 4.69) is 10.1 Å². The van der Waals surface area contributed by atoms with Crippen molar-refractivity contribution < 1.29 is 32.2 Å². The van der Waals surface area contributed by atoms with Crippen molar-refractivity contribution in [2.75, 3.05) is 20.8 Å². The molecule has 2 heterocycles. The maximum atomic E-state index is 13.6. The molecule has 3 aromatic rings. The highest BCUT2D eigenvalue weighted by molar-refractivity contribution is 5.96. The first-order valence-electron chi connectivity index (χ1n) is 8.15. The predicted octanol–water partition coefficient (Wildman–Crippen LogP) is 3.61. The van der Waals surface area contributed by atoms with Gasteiger partial charge in [0.05, 0.1) is 32.7 Å². The predicted molar refractivity (Wildman–Crippen MR) is 92.5 cm³/mol. The Bertz CT molecular complexity index is 1030. The summed E-state index contributed by atoms with van der Waals surface area (Å²) in [6.07, 6.45) is -3.71. The molecule has 10 heteroatoms. The number of aromatic nitrogens is 3. The van der Waals surface area contributed by atoms with Gasteiger partial charge in [0.2, 0.25) is 0 Å². The summed E-state index contributed by atoms with van der Waals surface area (Å²) in [4.78, 5) is 16.3. The van der Waals surface area contributed by atoms with Gasteiger partial charge in [0.1, 0.15) is 5.56 Å². The van der Waals surface area contributed by atoms with E-state index in [1.165, 1.54) is 20.3 Å². The third-order valence-electron chi connectivity index (χ3n) is 3.94. The van der Waals surface area contributed by atoms with E-state index in [1.54, 1.807) is 19.1 Å². The number of carbonyl (C=O) groups excluding carboxylic acids is 1. The lowest BCUT2D eigenvalue weighted by atomic mass is 10.1. The summed E-state index contributed by atoms with van der Waals surface area (Å²) >= 11 is 0. The summed E-state index contributed by atoms with van der Waals surface area (Å²) in [5, 5.41) is 3.67. The summed E-state index contributed by atoms with van der Waals surface area (Å²) in [7, 11) is 2.86. The van der Waals surface area contributed by atoms with Crippen molar-refractivity contribution in [2.45, 2.75) is 13.1 Å². The van der Waals surface area contributed by atoms with E-state index < -0.39 is 17.8 Å². The van der Waals surface area contributed by atoms with Crippen molar-refractivity contribution in [2.24, 2.45) is 0 Å². The number of rotatable bonds is 5. The smallest absolute Gasteiger partial charge is 0.433 e. The highest BCUT2D eigenvalue weighted by Gasteiger charge is 2.36. The number of methoxy groups -OCH3 is 2. The molecule has 0 unspecified atom stereocenters. The number of benzene rings is 1. The number of halogens is 3. The van der Waals surface area contributed by atoms with E-state index in [4.69, 9.17) is 14.2 Å². The molecule has 0 radical (unpaired) electrons. The van der Waals surface area contributed by atoms with Crippen molar-refractivity contribution in [3.05, 3.63) is 41.7 Å². The third kappa shape index (κ3) is 3.45. The van der Waals surface area contributed by atoms with Gasteiger partial charge in [-0.05, 0) is 31.2 Å². The molecule has 0 fully saturated rings. The van der Waals surface area contributed by atoms with Crippen LogP contribution in [0.15, 0.2) is 30.5 Å². The van der Waals surface area contributed by atoms with Gasteiger partial charge >= 0.3 is 12.1 Å². The molecule has 0 N–H and O–H groups in total. The Balaban J connectivity index is 2.26. The summed E-state index contributed by atoms with van der Waals surface area (Å²) < 4.78 is 56.6. The van der Waals surface area contributed by atoms with Gasteiger partial charge in [0, 0.05) is 5.56 Å². The van der Waals surface area contributed by atoms with E-state index in [0.29, 0.717) is 21.6 Å². The molecule has 0 amide bonds. The van der Waals surface area contributed by atoms with E-state index in [-0.39, 0.29) is 23.5 Å². The first kappa shape index (κ1) is 19.5. The van der Waals surface area contributed by atoms with Crippen molar-refractivity contribution in [1.82, 2.24) is 14.6 Å². The lowest BCUT2D eigenvalue weighted by Crippen LogP contribution is -2.14. The number of alkyl halides is 3. The number of hydrogen-bond acceptors (Lipinski definition) is 6. The maximum Gasteiger partial charge on any atom is 0.433 e. The third-order valence-corrected chi connectivity index (χ3v) is 3.94. The van der Waals surface area contributed by atoms with Gasteiger partial charge in [-0.2, -0.15) is 18.3 Å². The number of hydrogen-bond donors (Lipinski definition) is 0. The normalized spacial score (nSPS) is 11.5. The molecule has 148 valence electrons. The molecular formula is C18H16F3N3O4. The Labute approximate surface area is 157 Å². The lowest BCUT2D eigenvalue weighted by Gasteiger charge is -2.13. The van der Waals surface area contributed by atoms with Crippen molar-refractivity contribution in [3.8, 4) is 22.8 Å². The summed E-state index contributed by atoms with van der Waals surface area (Å²) in [6, 6.07) is 5.45. The van der Waals surface area contributed by atoms with Crippen LogP contribution in [-0.4, -0.2) is 41.4 Å². The summed E-state index contributed by atoms with van der Waals surface area (Å²) in [6.45, 7) is 1.66. The van der Waals surface area contributed by atoms with Crippen LogP contribution in [-0.2, 0) is 10.9 Å². The number of nitrogens with zero attached hydrogens (tertiary/aromatic N) is 3. The molecule has 0 aliphatic rings. The number of esters is 1. The first-order valence-corrected chi connectivity index (χ1v) is 8.15. The Kier molecular flexibility index (Phi) is 5.12. The van der Waals surface area contributed by atoms with Gasteiger partial charge in [0.25, 0.3) is 0 Å². The Morgan fingerprint density at radius 3 is 2.46 bits per heavy atom. The fourth-order valence-corrected chi connectivity index (χ4v) is 2.66. The topological polar surface area (TPSA) is 75.0 Å². The van der Waals surface area contributed by atoms with Crippen LogP contribution in [0.25, 0.3) is 16.9 Å². The highest BCUT2D eigenvalue weighted by Crippen LogP contribution is 2.35. The van der Waals surface area contributed by atoms with E-state index in [1.807, 2.05) is 0 Å². The number of ether oxygens (including phenoxy) is 3. The molecule has 0 saturated heterocycles. The van der Waals surface area contributed by atoms with Gasteiger partial charge in [-0.15, -0.1) is 0 Å². The van der Waals surface area contributed by atoms with Crippen LogP contribution in [0.4, 0.5) is 13.2 Å². The minimum Gasteiger partial charge on any atom is -0.493 e. The van der Waals surface area contributed by atoms with Crippen LogP contribution in [0.3, 0.4) is 0 Å². The number of carbonyl (C=O) groups is 1. The average Bonchev–Trinajstić information content (AvgIpc) is 3.10. The zero-order valence-corrected chi connectivity index (χ0v) is 15.2. The van der Waals surface area contributed by atoms with Gasteiger partial charge in [0.15, 0.2) is 22.8 Å². The Hall–Kier alpha value is -3.30. The quantitative estimate of drug-likeness (QED) is 0.615. The van der Waals surface area contributed by atoms with E-state index in [9.17, 15) is 18.0 Å². The molecule has 0 spiro atoms. The molecule has 28 heavy (non-hydrogen) atoms. The van der Waals surface area contributed by atoms with Gasteiger partial charge in [-0.3, -0.25) is 0 Å². The SMILES string of the molecule is CCOC(=O)c1cnn2c(C(F)(F)F)cc(-c3ccc(OC)c(OC)c3)nc12. The average molecular weight is 395 g/mol. The molecule has 2 aromatic heterocycles. The van der Waals surface area contributed by atoms with Gasteiger partial charge in [-0.25, -0.2) is 14.3 Å². The molecule has 0 aliphatic heterocycles. The fourth-order valence-electron chi connectivity index (χ4n) is 2.66. The zero-order chi connectivity index (χ0) is 20.5. The molecule has 0 atom stereocenters. The zero-order valence-electron chi connectivity index (χ0n) is 15.2. The van der Waals surface area contributed by atoms with Crippen LogP contribution in [0.5, 0.6) is 11.5 Å². The highest BCUT2D eigenvalue weighted by atomic mass is 19.4. The van der Waals surface area contributed by atoms with E-state index in [0.717, 1.165) is 12.3 Å². The van der Waals surface area contributed by atoms with Crippen molar-refractivity contribution in [1.29, 1.82) is 0 Å². The molecular weight excluding hydrogens is 379 g/mol. The number of fused-ring (bicyclic) bond motifs is 1. The van der Waals surface area contributed by atoms with Crippen LogP contribution in [0, 0.1) is 0 Å². The second-order valence-corrected chi connectivity index (χ2v) is 5.61. The van der Waals surface area contributed by atoms with Crippen LogP contribution < -0.4 is 9.47 Å². The second-order valence-electron chi connectivity index (χ2n) is 5.61. The van der Waals surface area contributed by atoms with Crippen LogP contribution in [0.1, 0.15) is 23.0 Å². The molecule has 0 aliphatic carbocycles. The molecule has 7 nitrogen and oxygen atoms in total. The van der Waals surface area contributed by atoms with Gasteiger partial charge in [-0.1, -0.05) is 0 Å². The standard InChI is InChI=1S/C18H16F3N3O4/c1-4-28-17(25)11-9-22-24-15(18(19,20)21)8-12(23-16(11)24)10-5-6-13(26-2)14(7-10)27-3/h5-9H,4H2,1-3H3. The summed E-state index contributed by atoms with van der Waals surface area (Å²) in [5.74, 6) is -0.0584. The molecule has 3 rings (SSSR count). The molecule has 0 saturated carbocycles. The largest absolute Gasteiger partial charge is 0.493 e. The fraction of sp³-hybridized carbons (Fsp3) is 0.278. The Morgan fingerprint density at radius 1 is 1.14 bits per heavy atom. The van der Waals surface area contributed by atoms with E-state index >= 15 is 0 Å². The van der Waals surface area contributed by atoms with Crippen molar-refractivity contribution >= 4 is 11.6 Å². The maximum absolute atomic E-state index is 13.6. The lowest BCUT2D eigenvalue weighted by molar-refractivity contribution is -0.142. The second kappa shape index (κ2) is 7.37. The summed E-state index contributed by atoms with van der Waals surface area (Å²) in [5.41, 5.74) is -1.14. The minimum absolute atomic E-state index is 0.00757.